The van der Waals surface area contributed by atoms with Gasteiger partial charge >= 0.3 is 6.98 Å². The fourth-order valence-corrected chi connectivity index (χ4v) is 1.74. The molecule has 0 amide bonds. The molecule has 0 aliphatic heterocycles. The van der Waals surface area contributed by atoms with Gasteiger partial charge in [-0.05, 0) is 5.92 Å². The van der Waals surface area contributed by atoms with Gasteiger partial charge in [-0.1, -0.05) is 31.0 Å². The first-order valence-corrected chi connectivity index (χ1v) is 3.79. The van der Waals surface area contributed by atoms with Crippen molar-refractivity contribution in [3.8, 4) is 0 Å². The molecule has 0 heterocycles. The molecule has 4 heteroatoms. The van der Waals surface area contributed by atoms with Gasteiger partial charge in [-0.3, -0.25) is 0 Å². The van der Waals surface area contributed by atoms with Crippen molar-refractivity contribution in [2.75, 3.05) is 0 Å². The first kappa shape index (κ1) is 6.56. The van der Waals surface area contributed by atoms with E-state index < -0.39 is 12.8 Å². The van der Waals surface area contributed by atoms with Crippen LogP contribution in [-0.4, -0.2) is 6.98 Å². The monoisotopic (exact) mass is 149 g/mol. The summed E-state index contributed by atoms with van der Waals surface area (Å²) in [6.45, 7) is -4.49. The molecule has 0 radical (unpaired) electrons. The Morgan fingerprint density at radius 1 is 1.10 bits per heavy atom. The molecule has 0 aromatic heterocycles. The highest BCUT2D eigenvalue weighted by Crippen LogP contribution is 2.62. The van der Waals surface area contributed by atoms with Crippen LogP contribution in [0.5, 0.6) is 0 Å². The summed E-state index contributed by atoms with van der Waals surface area (Å²) in [6.07, 6.45) is 2.54. The van der Waals surface area contributed by atoms with Crippen molar-refractivity contribution >= 4 is 6.98 Å². The van der Waals surface area contributed by atoms with Crippen LogP contribution >= 0.6 is 0 Å². The summed E-state index contributed by atoms with van der Waals surface area (Å²) in [5.74, 6) is -0.374. The molecule has 2 aliphatic carbocycles. The van der Waals surface area contributed by atoms with Crippen molar-refractivity contribution in [1.82, 2.24) is 0 Å². The Balaban J connectivity index is 1.88. The molecule has 2 saturated carbocycles. The fourth-order valence-electron chi connectivity index (χ4n) is 1.74. The summed E-state index contributed by atoms with van der Waals surface area (Å²) in [6, 6.07) is 0. The van der Waals surface area contributed by atoms with Crippen LogP contribution in [0.25, 0.3) is 0 Å². The molecule has 2 atom stereocenters. The van der Waals surface area contributed by atoms with E-state index in [1.165, 1.54) is 0 Å². The summed E-state index contributed by atoms with van der Waals surface area (Å²) in [7, 11) is 0. The molecule has 10 heavy (non-hydrogen) atoms. The molecular weight excluding hydrogens is 140 g/mol. The molecule has 2 fully saturated rings. The summed E-state index contributed by atoms with van der Waals surface area (Å²) in [4.78, 5) is 0. The fraction of sp³-hybridized carbons (Fsp3) is 1.00. The lowest BCUT2D eigenvalue weighted by molar-refractivity contribution is 0.455. The third-order valence-electron chi connectivity index (χ3n) is 2.60. The van der Waals surface area contributed by atoms with Gasteiger partial charge in [-0.25, -0.2) is 0 Å². The molecule has 0 aromatic carbocycles. The molecule has 0 unspecified atom stereocenters. The van der Waals surface area contributed by atoms with E-state index in [9.17, 15) is 12.9 Å². The van der Waals surface area contributed by atoms with Gasteiger partial charge < -0.3 is 12.9 Å². The minimum Gasteiger partial charge on any atom is -0.449 e. The van der Waals surface area contributed by atoms with E-state index in [1.807, 2.05) is 0 Å². The zero-order chi connectivity index (χ0) is 7.35. The van der Waals surface area contributed by atoms with E-state index >= 15 is 0 Å². The van der Waals surface area contributed by atoms with Gasteiger partial charge in [0, 0.05) is 0 Å². The average molecular weight is 149 g/mol. The van der Waals surface area contributed by atoms with Crippen LogP contribution in [0.4, 0.5) is 12.9 Å². The maximum Gasteiger partial charge on any atom is 0.481 e. The highest BCUT2D eigenvalue weighted by molar-refractivity contribution is 6.61. The van der Waals surface area contributed by atoms with Crippen LogP contribution < -0.4 is 0 Å². The van der Waals surface area contributed by atoms with Gasteiger partial charge in [-0.15, -0.1) is 0 Å². The normalized spacial score (nSPS) is 39.9. The highest BCUT2D eigenvalue weighted by Gasteiger charge is 2.55. The SMILES string of the molecule is F[B-](F)(F)[C@@H]1C[C@H]1C1CC1. The zero-order valence-electron chi connectivity index (χ0n) is 5.56. The van der Waals surface area contributed by atoms with Crippen LogP contribution in [0, 0.1) is 11.8 Å². The van der Waals surface area contributed by atoms with E-state index in [0.717, 1.165) is 12.8 Å². The van der Waals surface area contributed by atoms with Gasteiger partial charge in [0.1, 0.15) is 0 Å². The van der Waals surface area contributed by atoms with Gasteiger partial charge in [0.2, 0.25) is 0 Å². The minimum absolute atomic E-state index is 0.0417. The predicted octanol–water partition coefficient (Wildman–Crippen LogP) is 2.63. The molecule has 0 bridgehead atoms. The Morgan fingerprint density at radius 2 is 1.70 bits per heavy atom. The van der Waals surface area contributed by atoms with E-state index in [2.05, 4.69) is 0 Å². The molecule has 0 saturated heterocycles. The maximum absolute atomic E-state index is 11.9. The van der Waals surface area contributed by atoms with Crippen molar-refractivity contribution in [3.63, 3.8) is 0 Å². The summed E-state index contributed by atoms with van der Waals surface area (Å²) in [5.41, 5.74) is 0. The highest BCUT2D eigenvalue weighted by atomic mass is 19.4. The molecule has 2 rings (SSSR count). The Morgan fingerprint density at radius 3 is 2.00 bits per heavy atom. The van der Waals surface area contributed by atoms with Crippen LogP contribution in [0.15, 0.2) is 0 Å². The minimum atomic E-state index is -4.49. The van der Waals surface area contributed by atoms with Gasteiger partial charge in [0.05, 0.1) is 0 Å². The Hall–Kier alpha value is -0.145. The van der Waals surface area contributed by atoms with Crippen LogP contribution in [-0.2, 0) is 0 Å². The standard InChI is InChI=1S/C6H9BF3/c8-7(9,10)6-3-5(6)4-1-2-4/h4-6H,1-3H2/q-1/t5-,6+/m0/s1. The van der Waals surface area contributed by atoms with E-state index in [0.29, 0.717) is 12.3 Å². The van der Waals surface area contributed by atoms with Crippen LogP contribution in [0.2, 0.25) is 5.82 Å². The van der Waals surface area contributed by atoms with Crippen molar-refractivity contribution in [1.29, 1.82) is 0 Å². The van der Waals surface area contributed by atoms with E-state index in [4.69, 9.17) is 0 Å². The zero-order valence-corrected chi connectivity index (χ0v) is 5.56. The third-order valence-corrected chi connectivity index (χ3v) is 2.60. The molecule has 0 N–H and O–H groups in total. The third kappa shape index (κ3) is 1.04. The molecule has 2 aliphatic rings. The van der Waals surface area contributed by atoms with Crippen molar-refractivity contribution in [2.45, 2.75) is 25.1 Å². The van der Waals surface area contributed by atoms with Crippen LogP contribution in [0.1, 0.15) is 19.3 Å². The predicted molar refractivity (Wildman–Crippen MR) is 33.7 cm³/mol. The molecule has 0 spiro atoms. The number of hydrogen-bond acceptors (Lipinski definition) is 0. The smallest absolute Gasteiger partial charge is 0.449 e. The summed E-state index contributed by atoms with van der Waals surface area (Å²) in [5, 5.41) is 0. The van der Waals surface area contributed by atoms with E-state index in [1.54, 1.807) is 0 Å². The van der Waals surface area contributed by atoms with E-state index in [-0.39, 0.29) is 5.92 Å². The molecule has 58 valence electrons. The second-order valence-corrected chi connectivity index (χ2v) is 3.53. The Bertz CT molecular complexity index is 150. The molecule has 0 nitrogen and oxygen atoms in total. The first-order chi connectivity index (χ1) is 4.59. The topological polar surface area (TPSA) is 0 Å². The summed E-state index contributed by atoms with van der Waals surface area (Å²) < 4.78 is 35.8. The second-order valence-electron chi connectivity index (χ2n) is 3.53. The second kappa shape index (κ2) is 1.71. The lowest BCUT2D eigenvalue weighted by Crippen LogP contribution is -2.15. The van der Waals surface area contributed by atoms with Gasteiger partial charge in [0.15, 0.2) is 0 Å². The molecular formula is C6H9BF3-. The first-order valence-electron chi connectivity index (χ1n) is 3.79. The Labute approximate surface area is 57.9 Å². The number of rotatable bonds is 2. The van der Waals surface area contributed by atoms with Crippen molar-refractivity contribution in [2.24, 2.45) is 11.8 Å². The van der Waals surface area contributed by atoms with Crippen molar-refractivity contribution in [3.05, 3.63) is 0 Å². The quantitative estimate of drug-likeness (QED) is 0.529. The van der Waals surface area contributed by atoms with Crippen LogP contribution in [0.3, 0.4) is 0 Å². The lowest BCUT2D eigenvalue weighted by Gasteiger charge is -2.11. The maximum atomic E-state index is 11.9. The summed E-state index contributed by atoms with van der Waals surface area (Å²) >= 11 is 0. The lowest BCUT2D eigenvalue weighted by atomic mass is 9.81. The van der Waals surface area contributed by atoms with Crippen molar-refractivity contribution < 1.29 is 12.9 Å². The number of hydrogen-bond donors (Lipinski definition) is 0. The average Bonchev–Trinajstić information content (AvgIpc) is 2.56. The largest absolute Gasteiger partial charge is 0.481 e. The van der Waals surface area contributed by atoms with Gasteiger partial charge in [0.25, 0.3) is 0 Å². The Kier molecular flexibility index (Phi) is 1.12. The molecule has 0 aromatic rings. The van der Waals surface area contributed by atoms with Gasteiger partial charge in [-0.2, -0.15) is 0 Å². The number of halogens is 3.